The Kier molecular flexibility index (Phi) is 3.53. The number of carbonyl (C=O) groups is 2. The van der Waals surface area contributed by atoms with E-state index >= 15 is 0 Å². The quantitative estimate of drug-likeness (QED) is 0.594. The van der Waals surface area contributed by atoms with E-state index in [0.29, 0.717) is 5.56 Å². The molecule has 5 heteroatoms. The van der Waals surface area contributed by atoms with Gasteiger partial charge in [-0.25, -0.2) is 4.79 Å². The van der Waals surface area contributed by atoms with Crippen LogP contribution in [0.5, 0.6) is 5.75 Å². The van der Waals surface area contributed by atoms with Gasteiger partial charge >= 0.3 is 5.97 Å². The van der Waals surface area contributed by atoms with Gasteiger partial charge in [0, 0.05) is 11.6 Å². The van der Waals surface area contributed by atoms with E-state index in [-0.39, 0.29) is 11.3 Å². The first-order valence-electron chi connectivity index (χ1n) is 6.61. The van der Waals surface area contributed by atoms with Gasteiger partial charge in [0.15, 0.2) is 0 Å². The number of para-hydroxylation sites is 2. The second-order valence-corrected chi connectivity index (χ2v) is 4.67. The first-order chi connectivity index (χ1) is 10.6. The molecule has 5 nitrogen and oxygen atoms in total. The summed E-state index contributed by atoms with van der Waals surface area (Å²) in [7, 11) is 0. The molecular formula is C17H12N2O3. The zero-order valence-electron chi connectivity index (χ0n) is 11.5. The van der Waals surface area contributed by atoms with Crippen molar-refractivity contribution in [2.24, 2.45) is 5.73 Å². The lowest BCUT2D eigenvalue weighted by Gasteiger charge is -2.08. The standard InChI is InChI=1S/C17H12N2O3/c18-16(20)13-6-2-4-8-15(13)22-17(21)12-9-11-5-1-3-7-14(11)19-10-12/h1-10H,(H2,18,20). The Morgan fingerprint density at radius 2 is 1.73 bits per heavy atom. The van der Waals surface area contributed by atoms with Crippen molar-refractivity contribution >= 4 is 22.8 Å². The van der Waals surface area contributed by atoms with Crippen molar-refractivity contribution in [3.63, 3.8) is 0 Å². The smallest absolute Gasteiger partial charge is 0.345 e. The summed E-state index contributed by atoms with van der Waals surface area (Å²) in [6.45, 7) is 0. The van der Waals surface area contributed by atoms with Crippen molar-refractivity contribution in [3.05, 3.63) is 71.9 Å². The number of aromatic nitrogens is 1. The Morgan fingerprint density at radius 3 is 2.55 bits per heavy atom. The lowest BCUT2D eigenvalue weighted by atomic mass is 10.1. The maximum atomic E-state index is 12.2. The highest BCUT2D eigenvalue weighted by atomic mass is 16.5. The lowest BCUT2D eigenvalue weighted by Crippen LogP contribution is -2.16. The summed E-state index contributed by atoms with van der Waals surface area (Å²) in [5.74, 6) is -1.11. The number of hydrogen-bond donors (Lipinski definition) is 1. The van der Waals surface area contributed by atoms with E-state index in [1.165, 1.54) is 18.3 Å². The summed E-state index contributed by atoms with van der Waals surface area (Å²) >= 11 is 0. The van der Waals surface area contributed by atoms with Crippen LogP contribution in [-0.4, -0.2) is 16.9 Å². The molecule has 0 bridgehead atoms. The highest BCUT2D eigenvalue weighted by Gasteiger charge is 2.14. The number of amides is 1. The molecule has 2 N–H and O–H groups in total. The predicted molar refractivity (Wildman–Crippen MR) is 81.7 cm³/mol. The number of hydrogen-bond acceptors (Lipinski definition) is 4. The zero-order valence-corrected chi connectivity index (χ0v) is 11.5. The molecule has 1 amide bonds. The van der Waals surface area contributed by atoms with Gasteiger partial charge in [0.25, 0.3) is 5.91 Å². The number of rotatable bonds is 3. The average molecular weight is 292 g/mol. The van der Waals surface area contributed by atoms with Gasteiger partial charge in [-0.05, 0) is 24.3 Å². The number of ether oxygens (including phenoxy) is 1. The molecule has 1 heterocycles. The van der Waals surface area contributed by atoms with Crippen LogP contribution in [0.4, 0.5) is 0 Å². The van der Waals surface area contributed by atoms with Crippen LogP contribution in [0.2, 0.25) is 0 Å². The summed E-state index contributed by atoms with van der Waals surface area (Å²) in [4.78, 5) is 27.8. The van der Waals surface area contributed by atoms with Gasteiger partial charge in [0.05, 0.1) is 16.6 Å². The maximum Gasteiger partial charge on any atom is 0.345 e. The van der Waals surface area contributed by atoms with E-state index in [2.05, 4.69) is 4.98 Å². The molecule has 22 heavy (non-hydrogen) atoms. The molecule has 0 aliphatic rings. The Balaban J connectivity index is 1.92. The number of fused-ring (bicyclic) bond motifs is 1. The fraction of sp³-hybridized carbons (Fsp3) is 0. The molecule has 3 aromatic rings. The highest BCUT2D eigenvalue weighted by Crippen LogP contribution is 2.20. The first-order valence-corrected chi connectivity index (χ1v) is 6.61. The molecular weight excluding hydrogens is 280 g/mol. The van der Waals surface area contributed by atoms with Gasteiger partial charge in [0.2, 0.25) is 0 Å². The zero-order chi connectivity index (χ0) is 15.5. The summed E-state index contributed by atoms with van der Waals surface area (Å²) in [6, 6.07) is 15.5. The van der Waals surface area contributed by atoms with Crippen molar-refractivity contribution in [1.82, 2.24) is 4.98 Å². The Hall–Kier alpha value is -3.21. The lowest BCUT2D eigenvalue weighted by molar-refractivity contribution is 0.0732. The largest absolute Gasteiger partial charge is 0.422 e. The van der Waals surface area contributed by atoms with Gasteiger partial charge in [-0.2, -0.15) is 0 Å². The number of carbonyl (C=O) groups excluding carboxylic acids is 2. The Bertz CT molecular complexity index is 874. The monoisotopic (exact) mass is 292 g/mol. The summed E-state index contributed by atoms with van der Waals surface area (Å²) < 4.78 is 5.26. The molecule has 108 valence electrons. The van der Waals surface area contributed by atoms with Crippen LogP contribution < -0.4 is 10.5 Å². The van der Waals surface area contributed by atoms with Gasteiger partial charge in [-0.3, -0.25) is 9.78 Å². The van der Waals surface area contributed by atoms with Gasteiger partial charge < -0.3 is 10.5 Å². The van der Waals surface area contributed by atoms with Crippen LogP contribution in [0.3, 0.4) is 0 Å². The molecule has 3 rings (SSSR count). The Labute approximate surface area is 126 Å². The van der Waals surface area contributed by atoms with Gasteiger partial charge in [-0.15, -0.1) is 0 Å². The molecule has 2 aromatic carbocycles. The van der Waals surface area contributed by atoms with E-state index in [0.717, 1.165) is 10.9 Å². The molecule has 0 unspecified atom stereocenters. The van der Waals surface area contributed by atoms with Crippen molar-refractivity contribution in [2.45, 2.75) is 0 Å². The SMILES string of the molecule is NC(=O)c1ccccc1OC(=O)c1cnc2ccccc2c1. The van der Waals surface area contributed by atoms with Crippen LogP contribution >= 0.6 is 0 Å². The molecule has 0 aliphatic heterocycles. The van der Waals surface area contributed by atoms with E-state index in [4.69, 9.17) is 10.5 Å². The fourth-order valence-corrected chi connectivity index (χ4v) is 2.10. The second kappa shape index (κ2) is 5.65. The molecule has 1 aromatic heterocycles. The topological polar surface area (TPSA) is 82.3 Å². The van der Waals surface area contributed by atoms with Crippen LogP contribution in [0.15, 0.2) is 60.8 Å². The number of pyridine rings is 1. The van der Waals surface area contributed by atoms with Crippen LogP contribution in [0.25, 0.3) is 10.9 Å². The van der Waals surface area contributed by atoms with Crippen molar-refractivity contribution in [3.8, 4) is 5.75 Å². The highest BCUT2D eigenvalue weighted by molar-refractivity contribution is 5.99. The summed E-state index contributed by atoms with van der Waals surface area (Å²) in [6.07, 6.45) is 1.44. The maximum absolute atomic E-state index is 12.2. The molecule has 0 saturated carbocycles. The number of nitrogens with zero attached hydrogens (tertiary/aromatic N) is 1. The van der Waals surface area contributed by atoms with E-state index in [1.54, 1.807) is 18.2 Å². The molecule has 0 saturated heterocycles. The van der Waals surface area contributed by atoms with Crippen LogP contribution in [0.1, 0.15) is 20.7 Å². The van der Waals surface area contributed by atoms with E-state index in [1.807, 2.05) is 24.3 Å². The molecule has 0 spiro atoms. The minimum absolute atomic E-state index is 0.133. The number of esters is 1. The molecule has 0 fully saturated rings. The van der Waals surface area contributed by atoms with Crippen LogP contribution in [-0.2, 0) is 0 Å². The van der Waals surface area contributed by atoms with Crippen molar-refractivity contribution in [1.29, 1.82) is 0 Å². The molecule has 0 atom stereocenters. The van der Waals surface area contributed by atoms with E-state index in [9.17, 15) is 9.59 Å². The second-order valence-electron chi connectivity index (χ2n) is 4.67. The minimum atomic E-state index is -0.653. The number of benzene rings is 2. The van der Waals surface area contributed by atoms with Crippen LogP contribution in [0, 0.1) is 0 Å². The fourth-order valence-electron chi connectivity index (χ4n) is 2.10. The minimum Gasteiger partial charge on any atom is -0.422 e. The van der Waals surface area contributed by atoms with Crippen molar-refractivity contribution < 1.29 is 14.3 Å². The number of nitrogens with two attached hydrogens (primary N) is 1. The van der Waals surface area contributed by atoms with Gasteiger partial charge in [-0.1, -0.05) is 30.3 Å². The predicted octanol–water partition coefficient (Wildman–Crippen LogP) is 2.55. The van der Waals surface area contributed by atoms with Gasteiger partial charge in [0.1, 0.15) is 5.75 Å². The third kappa shape index (κ3) is 2.64. The third-order valence-corrected chi connectivity index (χ3v) is 3.18. The normalized spacial score (nSPS) is 10.4. The summed E-state index contributed by atoms with van der Waals surface area (Å²) in [5.41, 5.74) is 6.51. The summed E-state index contributed by atoms with van der Waals surface area (Å²) in [5, 5.41) is 0.833. The average Bonchev–Trinajstić information content (AvgIpc) is 2.54. The number of primary amides is 1. The first kappa shape index (κ1) is 13.8. The molecule has 0 aliphatic carbocycles. The molecule has 0 radical (unpaired) electrons. The van der Waals surface area contributed by atoms with Crippen molar-refractivity contribution in [2.75, 3.05) is 0 Å². The van der Waals surface area contributed by atoms with E-state index < -0.39 is 11.9 Å². The third-order valence-electron chi connectivity index (χ3n) is 3.18. The Morgan fingerprint density at radius 1 is 1.00 bits per heavy atom.